The summed E-state index contributed by atoms with van der Waals surface area (Å²) in [6, 6.07) is 0. The molecule has 2 heterocycles. The highest BCUT2D eigenvalue weighted by Crippen LogP contribution is 2.26. The van der Waals surface area contributed by atoms with Crippen LogP contribution in [0, 0.1) is 5.92 Å². The average molecular weight is 241 g/mol. The van der Waals surface area contributed by atoms with Crippen molar-refractivity contribution < 1.29 is 19.4 Å². The Morgan fingerprint density at radius 1 is 1.59 bits per heavy atom. The third-order valence-corrected chi connectivity index (χ3v) is 3.54. The predicted octanol–water partition coefficient (Wildman–Crippen LogP) is -0.204. The lowest BCUT2D eigenvalue weighted by atomic mass is 10.00. The van der Waals surface area contributed by atoms with Gasteiger partial charge in [0.05, 0.1) is 18.1 Å². The lowest BCUT2D eigenvalue weighted by Gasteiger charge is -2.22. The highest BCUT2D eigenvalue weighted by atomic mass is 16.5. The van der Waals surface area contributed by atoms with Crippen LogP contribution in [0.25, 0.3) is 0 Å². The zero-order chi connectivity index (χ0) is 12.4. The molecule has 0 spiro atoms. The molecule has 5 nitrogen and oxygen atoms in total. The van der Waals surface area contributed by atoms with Crippen LogP contribution in [0.3, 0.4) is 0 Å². The monoisotopic (exact) mass is 241 g/mol. The number of β-amino-alcohol motifs (C(OH)–C–C–N with tert-alkyl or cyclic N) is 1. The molecule has 2 fully saturated rings. The van der Waals surface area contributed by atoms with E-state index in [4.69, 9.17) is 9.47 Å². The Hall–Kier alpha value is -0.910. The molecule has 2 saturated heterocycles. The first kappa shape index (κ1) is 12.5. The van der Waals surface area contributed by atoms with Crippen molar-refractivity contribution in [2.24, 2.45) is 5.92 Å². The van der Waals surface area contributed by atoms with E-state index >= 15 is 0 Å². The van der Waals surface area contributed by atoms with Crippen molar-refractivity contribution in [3.05, 3.63) is 12.7 Å². The van der Waals surface area contributed by atoms with Crippen molar-refractivity contribution in [1.82, 2.24) is 4.90 Å². The quantitative estimate of drug-likeness (QED) is 0.695. The second-order valence-electron chi connectivity index (χ2n) is 4.55. The molecule has 96 valence electrons. The molecular weight excluding hydrogens is 222 g/mol. The van der Waals surface area contributed by atoms with Crippen molar-refractivity contribution in [1.29, 1.82) is 0 Å². The summed E-state index contributed by atoms with van der Waals surface area (Å²) in [5.74, 6) is -0.124. The number of carbonyl (C=O) groups is 1. The number of hydrogen-bond acceptors (Lipinski definition) is 4. The fraction of sp³-hybridized carbons (Fsp3) is 0.750. The van der Waals surface area contributed by atoms with Crippen molar-refractivity contribution in [3.8, 4) is 0 Å². The first-order valence-electron chi connectivity index (χ1n) is 5.91. The summed E-state index contributed by atoms with van der Waals surface area (Å²) in [6.07, 6.45) is 1.34. The van der Waals surface area contributed by atoms with Gasteiger partial charge in [0.25, 0.3) is 0 Å². The van der Waals surface area contributed by atoms with Gasteiger partial charge in [-0.2, -0.15) is 0 Å². The van der Waals surface area contributed by atoms with Crippen molar-refractivity contribution in [3.63, 3.8) is 0 Å². The molecule has 0 aromatic heterocycles. The minimum atomic E-state index is -0.589. The fourth-order valence-electron chi connectivity index (χ4n) is 2.51. The minimum absolute atomic E-state index is 0.0333. The first-order chi connectivity index (χ1) is 8.17. The number of methoxy groups -OCH3 is 1. The van der Waals surface area contributed by atoms with Crippen LogP contribution in [0.2, 0.25) is 0 Å². The second kappa shape index (κ2) is 5.16. The van der Waals surface area contributed by atoms with Crippen LogP contribution in [0.4, 0.5) is 0 Å². The van der Waals surface area contributed by atoms with E-state index in [1.165, 1.54) is 0 Å². The smallest absolute Gasteiger partial charge is 0.228 e. The largest absolute Gasteiger partial charge is 0.388 e. The molecular formula is C12H19NO4. The van der Waals surface area contributed by atoms with E-state index in [0.717, 1.165) is 6.42 Å². The van der Waals surface area contributed by atoms with E-state index in [9.17, 15) is 9.90 Å². The number of likely N-dealkylation sites (tertiary alicyclic amines) is 1. The van der Waals surface area contributed by atoms with Gasteiger partial charge < -0.3 is 19.5 Å². The maximum Gasteiger partial charge on any atom is 0.228 e. The van der Waals surface area contributed by atoms with E-state index in [2.05, 4.69) is 6.58 Å². The van der Waals surface area contributed by atoms with Gasteiger partial charge in [0, 0.05) is 26.8 Å². The van der Waals surface area contributed by atoms with E-state index in [0.29, 0.717) is 19.7 Å². The van der Waals surface area contributed by atoms with Gasteiger partial charge in [0.15, 0.2) is 0 Å². The molecule has 1 N–H and O–H groups in total. The van der Waals surface area contributed by atoms with Crippen LogP contribution < -0.4 is 0 Å². The van der Waals surface area contributed by atoms with E-state index in [1.54, 1.807) is 18.1 Å². The summed E-state index contributed by atoms with van der Waals surface area (Å²) < 4.78 is 10.5. The normalized spacial score (nSPS) is 37.4. The predicted molar refractivity (Wildman–Crippen MR) is 61.4 cm³/mol. The summed E-state index contributed by atoms with van der Waals surface area (Å²) in [6.45, 7) is 5.07. The number of aliphatic hydroxyl groups is 1. The van der Waals surface area contributed by atoms with E-state index in [1.807, 2.05) is 0 Å². The van der Waals surface area contributed by atoms with Gasteiger partial charge in [0.2, 0.25) is 5.91 Å². The van der Waals surface area contributed by atoms with Crippen LogP contribution in [0.1, 0.15) is 6.42 Å². The first-order valence-corrected chi connectivity index (χ1v) is 5.91. The summed E-state index contributed by atoms with van der Waals surface area (Å²) in [5, 5.41) is 9.70. The van der Waals surface area contributed by atoms with Gasteiger partial charge >= 0.3 is 0 Å². The zero-order valence-corrected chi connectivity index (χ0v) is 10.0. The SMILES string of the molecule is C=C[C@@H]1OCC[C@H]1C(=O)N1C[C@@H](O)[C@H](OC)C1. The van der Waals surface area contributed by atoms with Gasteiger partial charge in [-0.05, 0) is 6.42 Å². The van der Waals surface area contributed by atoms with Crippen LogP contribution in [0.5, 0.6) is 0 Å². The van der Waals surface area contributed by atoms with Crippen molar-refractivity contribution in [2.75, 3.05) is 26.8 Å². The number of aliphatic hydroxyl groups excluding tert-OH is 1. The maximum atomic E-state index is 12.3. The molecule has 17 heavy (non-hydrogen) atoms. The Kier molecular flexibility index (Phi) is 3.81. The van der Waals surface area contributed by atoms with Gasteiger partial charge in [-0.25, -0.2) is 0 Å². The maximum absolute atomic E-state index is 12.3. The van der Waals surface area contributed by atoms with Gasteiger partial charge in [-0.15, -0.1) is 6.58 Å². The average Bonchev–Trinajstić information content (AvgIpc) is 2.93. The minimum Gasteiger partial charge on any atom is -0.388 e. The number of carbonyl (C=O) groups excluding carboxylic acids is 1. The van der Waals surface area contributed by atoms with Crippen LogP contribution >= 0.6 is 0 Å². The molecule has 0 aromatic rings. The molecule has 5 heteroatoms. The number of rotatable bonds is 3. The Balaban J connectivity index is 1.99. The van der Waals surface area contributed by atoms with Crippen LogP contribution in [-0.2, 0) is 14.3 Å². The van der Waals surface area contributed by atoms with Crippen LogP contribution in [0.15, 0.2) is 12.7 Å². The molecule has 0 aromatic carbocycles. The van der Waals surface area contributed by atoms with Crippen molar-refractivity contribution in [2.45, 2.75) is 24.7 Å². The number of ether oxygens (including phenoxy) is 2. The molecule has 0 bridgehead atoms. The lowest BCUT2D eigenvalue weighted by Crippen LogP contribution is -2.38. The standard InChI is InChI=1S/C12H19NO4/c1-3-10-8(4-5-17-10)12(15)13-6-9(14)11(7-13)16-2/h3,8-11,14H,1,4-7H2,2H3/t8-,9-,10+,11-/m1/s1. The summed E-state index contributed by atoms with van der Waals surface area (Å²) in [4.78, 5) is 13.9. The van der Waals surface area contributed by atoms with Gasteiger partial charge in [0.1, 0.15) is 6.10 Å². The molecule has 0 saturated carbocycles. The fourth-order valence-corrected chi connectivity index (χ4v) is 2.51. The Labute approximate surface area is 101 Å². The summed E-state index contributed by atoms with van der Waals surface area (Å²) in [7, 11) is 1.55. The van der Waals surface area contributed by atoms with Gasteiger partial charge in [-0.3, -0.25) is 4.79 Å². The van der Waals surface area contributed by atoms with Crippen LogP contribution in [-0.4, -0.2) is 61.0 Å². The topological polar surface area (TPSA) is 59.0 Å². The molecule has 0 aliphatic carbocycles. The Bertz CT molecular complexity index is 307. The number of amides is 1. The highest BCUT2D eigenvalue weighted by Gasteiger charge is 2.40. The number of hydrogen-bond donors (Lipinski definition) is 1. The third-order valence-electron chi connectivity index (χ3n) is 3.54. The van der Waals surface area contributed by atoms with E-state index < -0.39 is 6.10 Å². The molecule has 1 amide bonds. The molecule has 0 radical (unpaired) electrons. The second-order valence-corrected chi connectivity index (χ2v) is 4.55. The van der Waals surface area contributed by atoms with E-state index in [-0.39, 0.29) is 24.0 Å². The molecule has 0 unspecified atom stereocenters. The summed E-state index contributed by atoms with van der Waals surface area (Å²) in [5.41, 5.74) is 0. The summed E-state index contributed by atoms with van der Waals surface area (Å²) >= 11 is 0. The van der Waals surface area contributed by atoms with Gasteiger partial charge in [-0.1, -0.05) is 6.08 Å². The Morgan fingerprint density at radius 3 is 2.94 bits per heavy atom. The third kappa shape index (κ3) is 2.36. The molecule has 2 rings (SSSR count). The highest BCUT2D eigenvalue weighted by molar-refractivity contribution is 5.80. The molecule has 4 atom stereocenters. The molecule has 2 aliphatic rings. The zero-order valence-electron chi connectivity index (χ0n) is 10.0. The van der Waals surface area contributed by atoms with Crippen molar-refractivity contribution >= 4 is 5.91 Å². The lowest BCUT2D eigenvalue weighted by molar-refractivity contribution is -0.136. The number of nitrogens with zero attached hydrogens (tertiary/aromatic N) is 1. The Morgan fingerprint density at radius 2 is 2.35 bits per heavy atom. The molecule has 2 aliphatic heterocycles.